The van der Waals surface area contributed by atoms with Crippen molar-refractivity contribution in [2.45, 2.75) is 71.4 Å². The van der Waals surface area contributed by atoms with E-state index in [1.165, 1.54) is 58.2 Å². The second kappa shape index (κ2) is 6.91. The van der Waals surface area contributed by atoms with Gasteiger partial charge in [-0.3, -0.25) is 4.90 Å². The van der Waals surface area contributed by atoms with Crippen molar-refractivity contribution in [2.24, 2.45) is 11.8 Å². The summed E-state index contributed by atoms with van der Waals surface area (Å²) in [5.74, 6) is 1.81. The third kappa shape index (κ3) is 3.71. The lowest BCUT2D eigenvalue weighted by Crippen LogP contribution is -2.42. The molecule has 0 spiro atoms. The molecule has 1 saturated carbocycles. The van der Waals surface area contributed by atoms with Gasteiger partial charge in [-0.2, -0.15) is 0 Å². The monoisotopic (exact) mass is 252 g/mol. The zero-order valence-corrected chi connectivity index (χ0v) is 12.6. The smallest absolute Gasteiger partial charge is 0.0127 e. The molecule has 2 nitrogen and oxygen atoms in total. The van der Waals surface area contributed by atoms with Gasteiger partial charge < -0.3 is 5.32 Å². The molecule has 2 fully saturated rings. The van der Waals surface area contributed by atoms with Crippen molar-refractivity contribution in [3.63, 3.8) is 0 Å². The van der Waals surface area contributed by atoms with Crippen LogP contribution in [0.25, 0.3) is 0 Å². The second-order valence-electron chi connectivity index (χ2n) is 6.87. The number of nitrogens with one attached hydrogen (secondary N) is 1. The Morgan fingerprint density at radius 2 is 1.89 bits per heavy atom. The van der Waals surface area contributed by atoms with Crippen molar-refractivity contribution in [1.82, 2.24) is 10.2 Å². The number of fused-ring (bicyclic) bond motifs is 1. The minimum atomic E-state index is 0.773. The van der Waals surface area contributed by atoms with E-state index < -0.39 is 0 Å². The first kappa shape index (κ1) is 14.3. The average molecular weight is 252 g/mol. The van der Waals surface area contributed by atoms with Crippen LogP contribution in [0.2, 0.25) is 0 Å². The highest BCUT2D eigenvalue weighted by Gasteiger charge is 2.37. The van der Waals surface area contributed by atoms with Crippen molar-refractivity contribution < 1.29 is 0 Å². The van der Waals surface area contributed by atoms with Crippen molar-refractivity contribution >= 4 is 0 Å². The van der Waals surface area contributed by atoms with E-state index in [2.05, 4.69) is 31.0 Å². The summed E-state index contributed by atoms with van der Waals surface area (Å²) in [6, 6.07) is 1.71. The Kier molecular flexibility index (Phi) is 5.50. The lowest BCUT2D eigenvalue weighted by Gasteiger charge is -2.35. The Morgan fingerprint density at radius 1 is 1.11 bits per heavy atom. The van der Waals surface area contributed by atoms with Crippen molar-refractivity contribution in [2.75, 3.05) is 19.6 Å². The van der Waals surface area contributed by atoms with Crippen molar-refractivity contribution in [1.29, 1.82) is 0 Å². The van der Waals surface area contributed by atoms with E-state index >= 15 is 0 Å². The Bertz CT molecular complexity index is 239. The highest BCUT2D eigenvalue weighted by atomic mass is 15.2. The van der Waals surface area contributed by atoms with Crippen LogP contribution in [-0.4, -0.2) is 36.6 Å². The molecule has 1 saturated heterocycles. The van der Waals surface area contributed by atoms with Gasteiger partial charge >= 0.3 is 0 Å². The Balaban J connectivity index is 1.70. The van der Waals surface area contributed by atoms with Crippen LogP contribution in [0.15, 0.2) is 0 Å². The Labute approximate surface area is 114 Å². The zero-order chi connectivity index (χ0) is 13.0. The van der Waals surface area contributed by atoms with E-state index in [-0.39, 0.29) is 0 Å². The van der Waals surface area contributed by atoms with Crippen LogP contribution in [0.5, 0.6) is 0 Å². The van der Waals surface area contributed by atoms with Gasteiger partial charge in [-0.15, -0.1) is 0 Å². The van der Waals surface area contributed by atoms with E-state index in [1.807, 2.05) is 0 Å². The summed E-state index contributed by atoms with van der Waals surface area (Å²) in [7, 11) is 0. The number of rotatable bonds is 6. The molecule has 1 aliphatic heterocycles. The molecule has 3 atom stereocenters. The summed E-state index contributed by atoms with van der Waals surface area (Å²) in [5, 5.41) is 3.58. The van der Waals surface area contributed by atoms with E-state index in [1.54, 1.807) is 0 Å². The molecule has 3 unspecified atom stereocenters. The minimum absolute atomic E-state index is 0.773. The maximum Gasteiger partial charge on any atom is 0.0127 e. The van der Waals surface area contributed by atoms with E-state index in [0.29, 0.717) is 0 Å². The molecule has 1 heterocycles. The summed E-state index contributed by atoms with van der Waals surface area (Å²) >= 11 is 0. The molecule has 0 bridgehead atoms. The Hall–Kier alpha value is -0.0800. The fourth-order valence-corrected chi connectivity index (χ4v) is 3.86. The molecule has 0 aromatic heterocycles. The average Bonchev–Trinajstić information content (AvgIpc) is 2.78. The minimum Gasteiger partial charge on any atom is -0.316 e. The van der Waals surface area contributed by atoms with Crippen LogP contribution in [0, 0.1) is 11.8 Å². The van der Waals surface area contributed by atoms with Crippen LogP contribution in [0.1, 0.15) is 59.3 Å². The van der Waals surface area contributed by atoms with Crippen molar-refractivity contribution in [3.8, 4) is 0 Å². The fourth-order valence-electron chi connectivity index (χ4n) is 3.86. The highest BCUT2D eigenvalue weighted by molar-refractivity contribution is 4.91. The molecule has 1 aliphatic carbocycles. The van der Waals surface area contributed by atoms with Gasteiger partial charge in [-0.1, -0.05) is 26.7 Å². The lowest BCUT2D eigenvalue weighted by molar-refractivity contribution is 0.135. The molecule has 106 valence electrons. The maximum atomic E-state index is 3.58. The standard InChI is InChI=1S/C16H32N2/c1-13(2)12-17-10-8-14(3)18-11-9-15-6-4-5-7-16(15)18/h13-17H,4-12H2,1-3H3. The molecular weight excluding hydrogens is 220 g/mol. The van der Waals surface area contributed by atoms with Crippen LogP contribution < -0.4 is 5.32 Å². The van der Waals surface area contributed by atoms with Gasteiger partial charge in [0.15, 0.2) is 0 Å². The summed E-state index contributed by atoms with van der Waals surface area (Å²) in [6.07, 6.45) is 8.70. The number of hydrogen-bond acceptors (Lipinski definition) is 2. The predicted octanol–water partition coefficient (Wildman–Crippen LogP) is 3.28. The summed E-state index contributed by atoms with van der Waals surface area (Å²) in [6.45, 7) is 10.7. The van der Waals surface area contributed by atoms with E-state index in [4.69, 9.17) is 0 Å². The van der Waals surface area contributed by atoms with Gasteiger partial charge in [0.05, 0.1) is 0 Å². The molecule has 0 aromatic rings. The molecule has 2 rings (SSSR count). The largest absolute Gasteiger partial charge is 0.316 e. The normalized spacial score (nSPS) is 30.7. The van der Waals surface area contributed by atoms with Gasteiger partial charge in [0.25, 0.3) is 0 Å². The predicted molar refractivity (Wildman–Crippen MR) is 78.9 cm³/mol. The third-order valence-corrected chi connectivity index (χ3v) is 4.91. The second-order valence-corrected chi connectivity index (χ2v) is 6.87. The lowest BCUT2D eigenvalue weighted by atomic mass is 9.85. The van der Waals surface area contributed by atoms with Crippen LogP contribution >= 0.6 is 0 Å². The van der Waals surface area contributed by atoms with Gasteiger partial charge in [0, 0.05) is 12.1 Å². The number of hydrogen-bond donors (Lipinski definition) is 1. The summed E-state index contributed by atoms with van der Waals surface area (Å²) in [5.41, 5.74) is 0. The summed E-state index contributed by atoms with van der Waals surface area (Å²) in [4.78, 5) is 2.82. The fraction of sp³-hybridized carbons (Fsp3) is 1.00. The Morgan fingerprint density at radius 3 is 2.67 bits per heavy atom. The molecule has 0 amide bonds. The molecule has 2 aliphatic rings. The molecule has 18 heavy (non-hydrogen) atoms. The molecular formula is C16H32N2. The molecule has 0 aromatic carbocycles. The zero-order valence-electron chi connectivity index (χ0n) is 12.6. The first-order valence-electron chi connectivity index (χ1n) is 8.15. The third-order valence-electron chi connectivity index (χ3n) is 4.91. The van der Waals surface area contributed by atoms with Gasteiger partial charge in [-0.25, -0.2) is 0 Å². The molecule has 1 N–H and O–H groups in total. The maximum absolute atomic E-state index is 3.58. The SMILES string of the molecule is CC(C)CNCCC(C)N1CCC2CCCCC21. The van der Waals surface area contributed by atoms with Crippen LogP contribution in [0.4, 0.5) is 0 Å². The molecule has 0 radical (unpaired) electrons. The first-order valence-corrected chi connectivity index (χ1v) is 8.15. The highest BCUT2D eigenvalue weighted by Crippen LogP contribution is 2.37. The van der Waals surface area contributed by atoms with Crippen molar-refractivity contribution in [3.05, 3.63) is 0 Å². The van der Waals surface area contributed by atoms with E-state index in [9.17, 15) is 0 Å². The van der Waals surface area contributed by atoms with E-state index in [0.717, 1.165) is 23.9 Å². The number of likely N-dealkylation sites (tertiary alicyclic amines) is 1. The summed E-state index contributed by atoms with van der Waals surface area (Å²) < 4.78 is 0. The number of nitrogens with zero attached hydrogens (tertiary/aromatic N) is 1. The first-order chi connectivity index (χ1) is 8.68. The van der Waals surface area contributed by atoms with Crippen LogP contribution in [-0.2, 0) is 0 Å². The topological polar surface area (TPSA) is 15.3 Å². The van der Waals surface area contributed by atoms with Gasteiger partial charge in [0.2, 0.25) is 0 Å². The van der Waals surface area contributed by atoms with Crippen LogP contribution in [0.3, 0.4) is 0 Å². The molecule has 2 heteroatoms. The van der Waals surface area contributed by atoms with Gasteiger partial charge in [-0.05, 0) is 64.1 Å². The quantitative estimate of drug-likeness (QED) is 0.730. The van der Waals surface area contributed by atoms with Gasteiger partial charge in [0.1, 0.15) is 0 Å².